The Morgan fingerprint density at radius 3 is 2.67 bits per heavy atom. The molecule has 1 heterocycles. The average Bonchev–Trinajstić information content (AvgIpc) is 2.79. The minimum Gasteiger partial charge on any atom is -0.408 e. The normalized spacial score (nSPS) is 11.3. The molecule has 1 aromatic heterocycles. The number of carbonyl (C=O) groups is 1. The molecule has 0 aliphatic rings. The molecule has 0 radical (unpaired) electrons. The van der Waals surface area contributed by atoms with Crippen LogP contribution < -0.4 is 21.9 Å². The van der Waals surface area contributed by atoms with Crippen molar-refractivity contribution >= 4 is 34.3 Å². The number of benzene rings is 1. The van der Waals surface area contributed by atoms with Gasteiger partial charge in [0.25, 0.3) is 0 Å². The van der Waals surface area contributed by atoms with Crippen LogP contribution in [0.5, 0.6) is 0 Å². The van der Waals surface area contributed by atoms with E-state index in [0.717, 1.165) is 5.52 Å². The van der Waals surface area contributed by atoms with Gasteiger partial charge in [0.1, 0.15) is 0 Å². The van der Waals surface area contributed by atoms with Gasteiger partial charge in [-0.15, -0.1) is 0 Å². The van der Waals surface area contributed by atoms with Crippen molar-refractivity contribution in [2.75, 3.05) is 0 Å². The van der Waals surface area contributed by atoms with E-state index in [4.69, 9.17) is 16.6 Å². The number of fused-ring (bicyclic) bond motifs is 1. The molecule has 0 unspecified atom stereocenters. The molecule has 0 atom stereocenters. The number of carbonyl (C=O) groups excluding carboxylic acids is 1. The van der Waals surface area contributed by atoms with E-state index in [9.17, 15) is 9.59 Å². The Morgan fingerprint density at radius 2 is 1.96 bits per heavy atom. The molecule has 3 N–H and O–H groups in total. The lowest BCUT2D eigenvalue weighted by Gasteiger charge is -2.23. The Hall–Kier alpha value is -2.35. The van der Waals surface area contributed by atoms with Gasteiger partial charge in [-0.3, -0.25) is 20.2 Å². The number of oxazole rings is 1. The quantitative estimate of drug-likeness (QED) is 0.574. The minimum atomic E-state index is -0.412. The maximum absolute atomic E-state index is 11.8. The highest BCUT2D eigenvalue weighted by molar-refractivity contribution is 7.80. The Labute approximate surface area is 145 Å². The van der Waals surface area contributed by atoms with Crippen LogP contribution in [0.3, 0.4) is 0 Å². The first-order valence-corrected chi connectivity index (χ1v) is 8.12. The summed E-state index contributed by atoms with van der Waals surface area (Å²) in [5.74, 6) is -0.612. The Bertz CT molecular complexity index is 788. The summed E-state index contributed by atoms with van der Waals surface area (Å²) in [6, 6.07) is 7.21. The molecule has 0 saturated carbocycles. The number of thiocarbonyl (C=S) groups is 1. The second-order valence-electron chi connectivity index (χ2n) is 6.47. The molecule has 2 rings (SSSR count). The number of amides is 1. The molecule has 0 aliphatic carbocycles. The lowest BCUT2D eigenvalue weighted by atomic mass is 10.1. The molecule has 7 nitrogen and oxygen atoms in total. The first-order valence-electron chi connectivity index (χ1n) is 7.71. The van der Waals surface area contributed by atoms with Crippen molar-refractivity contribution in [2.45, 2.75) is 45.7 Å². The predicted octanol–water partition coefficient (Wildman–Crippen LogP) is 1.67. The number of para-hydroxylation sites is 2. The Balaban J connectivity index is 1.79. The van der Waals surface area contributed by atoms with E-state index >= 15 is 0 Å². The molecule has 1 amide bonds. The maximum Gasteiger partial charge on any atom is 0.419 e. The van der Waals surface area contributed by atoms with Gasteiger partial charge in [-0.1, -0.05) is 12.1 Å². The number of hydrogen-bond donors (Lipinski definition) is 3. The molecular weight excluding hydrogens is 328 g/mol. The predicted molar refractivity (Wildman–Crippen MR) is 96.5 cm³/mol. The topological polar surface area (TPSA) is 88.3 Å². The molecule has 0 fully saturated rings. The molecule has 1 aromatic carbocycles. The summed E-state index contributed by atoms with van der Waals surface area (Å²) >= 11 is 5.07. The fourth-order valence-corrected chi connectivity index (χ4v) is 2.54. The van der Waals surface area contributed by atoms with Gasteiger partial charge in [-0.25, -0.2) is 4.79 Å². The van der Waals surface area contributed by atoms with E-state index in [1.807, 2.05) is 39.0 Å². The molecule has 0 saturated heterocycles. The van der Waals surface area contributed by atoms with Crippen LogP contribution in [0.25, 0.3) is 11.1 Å². The standard InChI is InChI=1S/C16H22N4O3S/c1-16(2,3)17-14(24)19-18-13(21)9-6-10-20-11-7-4-5-8-12(11)23-15(20)22/h4-5,7-8H,6,9-10H2,1-3H3,(H,18,21)(H2,17,19,24). The molecule has 0 spiro atoms. The van der Waals surface area contributed by atoms with Crippen LogP contribution in [-0.2, 0) is 11.3 Å². The average molecular weight is 350 g/mol. The van der Waals surface area contributed by atoms with Gasteiger partial charge >= 0.3 is 5.76 Å². The zero-order chi connectivity index (χ0) is 17.7. The monoisotopic (exact) mass is 350 g/mol. The van der Waals surface area contributed by atoms with Crippen LogP contribution in [0.15, 0.2) is 33.5 Å². The molecule has 0 bridgehead atoms. The van der Waals surface area contributed by atoms with Crippen molar-refractivity contribution in [1.29, 1.82) is 0 Å². The third kappa shape index (κ3) is 5.09. The summed E-state index contributed by atoms with van der Waals surface area (Å²) in [4.78, 5) is 23.6. The smallest absolute Gasteiger partial charge is 0.408 e. The maximum atomic E-state index is 11.8. The number of nitrogens with zero attached hydrogens (tertiary/aromatic N) is 1. The minimum absolute atomic E-state index is 0.182. The van der Waals surface area contributed by atoms with Crippen LogP contribution in [0.1, 0.15) is 33.6 Å². The van der Waals surface area contributed by atoms with Crippen molar-refractivity contribution < 1.29 is 9.21 Å². The summed E-state index contributed by atoms with van der Waals surface area (Å²) in [6.07, 6.45) is 0.771. The van der Waals surface area contributed by atoms with Crippen molar-refractivity contribution in [2.24, 2.45) is 0 Å². The second kappa shape index (κ2) is 7.48. The molecular formula is C16H22N4O3S. The molecule has 2 aromatic rings. The van der Waals surface area contributed by atoms with Gasteiger partial charge < -0.3 is 9.73 Å². The number of rotatable bonds is 4. The number of aryl methyl sites for hydroxylation is 1. The van der Waals surface area contributed by atoms with Gasteiger partial charge in [0.15, 0.2) is 10.7 Å². The van der Waals surface area contributed by atoms with E-state index in [1.165, 1.54) is 4.57 Å². The van der Waals surface area contributed by atoms with E-state index in [2.05, 4.69) is 16.2 Å². The number of hydrogen-bond acceptors (Lipinski definition) is 4. The number of aromatic nitrogens is 1. The third-order valence-corrected chi connectivity index (χ3v) is 3.37. The summed E-state index contributed by atoms with van der Waals surface area (Å²) in [5, 5.41) is 3.38. The molecule has 0 aliphatic heterocycles. The van der Waals surface area contributed by atoms with Crippen LogP contribution in [0, 0.1) is 0 Å². The summed E-state index contributed by atoms with van der Waals surface area (Å²) in [5.41, 5.74) is 6.29. The fourth-order valence-electron chi connectivity index (χ4n) is 2.18. The van der Waals surface area contributed by atoms with Gasteiger partial charge in [0.2, 0.25) is 5.91 Å². The van der Waals surface area contributed by atoms with Crippen molar-refractivity contribution in [1.82, 2.24) is 20.7 Å². The SMILES string of the molecule is CC(C)(C)NC(=S)NNC(=O)CCCn1c(=O)oc2ccccc21. The zero-order valence-corrected chi connectivity index (χ0v) is 14.8. The fraction of sp³-hybridized carbons (Fsp3) is 0.438. The third-order valence-electron chi connectivity index (χ3n) is 3.16. The van der Waals surface area contributed by atoms with E-state index < -0.39 is 5.76 Å². The number of hydrazine groups is 1. The highest BCUT2D eigenvalue weighted by atomic mass is 32.1. The van der Waals surface area contributed by atoms with E-state index in [-0.39, 0.29) is 17.9 Å². The van der Waals surface area contributed by atoms with Crippen molar-refractivity contribution in [3.63, 3.8) is 0 Å². The number of nitrogens with one attached hydrogen (secondary N) is 3. The first kappa shape index (κ1) is 18.0. The first-order chi connectivity index (χ1) is 11.3. The van der Waals surface area contributed by atoms with E-state index in [1.54, 1.807) is 6.07 Å². The largest absolute Gasteiger partial charge is 0.419 e. The lowest BCUT2D eigenvalue weighted by Crippen LogP contribution is -2.52. The lowest BCUT2D eigenvalue weighted by molar-refractivity contribution is -0.121. The Morgan fingerprint density at radius 1 is 1.25 bits per heavy atom. The highest BCUT2D eigenvalue weighted by Gasteiger charge is 2.12. The molecule has 130 valence electrons. The molecule has 24 heavy (non-hydrogen) atoms. The van der Waals surface area contributed by atoms with Crippen LogP contribution in [0.4, 0.5) is 0 Å². The van der Waals surface area contributed by atoms with E-state index in [0.29, 0.717) is 23.7 Å². The summed E-state index contributed by atoms with van der Waals surface area (Å²) in [7, 11) is 0. The molecule has 8 heteroatoms. The highest BCUT2D eigenvalue weighted by Crippen LogP contribution is 2.12. The Kier molecular flexibility index (Phi) is 5.61. The van der Waals surface area contributed by atoms with Gasteiger partial charge in [-0.2, -0.15) is 0 Å². The second-order valence-corrected chi connectivity index (χ2v) is 6.88. The van der Waals surface area contributed by atoms with Gasteiger partial charge in [-0.05, 0) is 51.5 Å². The van der Waals surface area contributed by atoms with Crippen molar-refractivity contribution in [3.05, 3.63) is 34.8 Å². The van der Waals surface area contributed by atoms with Crippen LogP contribution in [0.2, 0.25) is 0 Å². The van der Waals surface area contributed by atoms with Gasteiger partial charge in [0.05, 0.1) is 5.52 Å². The van der Waals surface area contributed by atoms with Crippen LogP contribution in [-0.4, -0.2) is 21.1 Å². The zero-order valence-electron chi connectivity index (χ0n) is 14.0. The van der Waals surface area contributed by atoms with Crippen LogP contribution >= 0.6 is 12.2 Å². The van der Waals surface area contributed by atoms with Gasteiger partial charge in [0, 0.05) is 18.5 Å². The van der Waals surface area contributed by atoms with Crippen molar-refractivity contribution in [3.8, 4) is 0 Å². The summed E-state index contributed by atoms with van der Waals surface area (Å²) in [6.45, 7) is 6.31. The summed E-state index contributed by atoms with van der Waals surface area (Å²) < 4.78 is 6.68.